The van der Waals surface area contributed by atoms with Gasteiger partial charge in [-0.15, -0.1) is 0 Å². The molecule has 1 N–H and O–H groups in total. The number of β-amino-alcohol motifs (C(OH)–C–C–N with tert-alkyl or cyclic N) is 1. The van der Waals surface area contributed by atoms with Gasteiger partial charge >= 0.3 is 0 Å². The Morgan fingerprint density at radius 3 is 2.38 bits per heavy atom. The van der Waals surface area contributed by atoms with Crippen LogP contribution < -0.4 is 0 Å². The molecule has 2 aliphatic rings. The summed E-state index contributed by atoms with van der Waals surface area (Å²) in [5.74, 6) is 0. The molecule has 0 amide bonds. The molecule has 1 aliphatic heterocycles. The molecule has 1 aliphatic carbocycles. The zero-order valence-corrected chi connectivity index (χ0v) is 10.2. The molecule has 0 aromatic carbocycles. The summed E-state index contributed by atoms with van der Waals surface area (Å²) >= 11 is 0. The largest absolute Gasteiger partial charge is 0.387 e. The minimum absolute atomic E-state index is 0.472. The van der Waals surface area contributed by atoms with Gasteiger partial charge in [0.05, 0.1) is 17.1 Å². The second-order valence-electron chi connectivity index (χ2n) is 5.63. The van der Waals surface area contributed by atoms with E-state index in [1.54, 1.807) is 0 Å². The molecule has 1 saturated carbocycles. The Balaban J connectivity index is 2.21. The van der Waals surface area contributed by atoms with Crippen molar-refractivity contribution in [2.24, 2.45) is 5.41 Å². The van der Waals surface area contributed by atoms with Crippen LogP contribution in [0.1, 0.15) is 44.9 Å². The number of likely N-dealkylation sites (N-methyl/N-ethyl adjacent to an activating group) is 1. The second-order valence-corrected chi connectivity index (χ2v) is 5.63. The highest BCUT2D eigenvalue weighted by atomic mass is 16.3. The fraction of sp³-hybridized carbons (Fsp3) is 0.923. The molecule has 16 heavy (non-hydrogen) atoms. The first-order valence-electron chi connectivity index (χ1n) is 6.44. The van der Waals surface area contributed by atoms with E-state index in [2.05, 4.69) is 11.0 Å². The average molecular weight is 222 g/mol. The number of aliphatic hydroxyl groups is 1. The van der Waals surface area contributed by atoms with Gasteiger partial charge in [0.15, 0.2) is 0 Å². The third-order valence-electron chi connectivity index (χ3n) is 4.47. The summed E-state index contributed by atoms with van der Waals surface area (Å²) in [5, 5.41) is 20.4. The molecule has 0 bridgehead atoms. The van der Waals surface area contributed by atoms with E-state index < -0.39 is 11.0 Å². The molecule has 1 heterocycles. The summed E-state index contributed by atoms with van der Waals surface area (Å²) in [6.07, 6.45) is 6.98. The van der Waals surface area contributed by atoms with Crippen molar-refractivity contribution in [2.75, 3.05) is 20.1 Å². The smallest absolute Gasteiger partial charge is 0.0959 e. The maximum Gasteiger partial charge on any atom is 0.0959 e. The molecule has 0 radical (unpaired) electrons. The highest BCUT2D eigenvalue weighted by molar-refractivity contribution is 5.14. The van der Waals surface area contributed by atoms with Crippen LogP contribution in [0.15, 0.2) is 0 Å². The van der Waals surface area contributed by atoms with Crippen LogP contribution in [0.2, 0.25) is 0 Å². The zero-order chi connectivity index (χ0) is 11.6. The molecule has 0 aromatic heterocycles. The predicted octanol–water partition coefficient (Wildman–Crippen LogP) is 1.92. The Morgan fingerprint density at radius 2 is 1.81 bits per heavy atom. The zero-order valence-electron chi connectivity index (χ0n) is 10.2. The molecule has 3 nitrogen and oxygen atoms in total. The van der Waals surface area contributed by atoms with E-state index in [0.29, 0.717) is 6.54 Å². The van der Waals surface area contributed by atoms with Crippen LogP contribution in [0.4, 0.5) is 0 Å². The van der Waals surface area contributed by atoms with Gasteiger partial charge in [-0.2, -0.15) is 5.26 Å². The Hall–Kier alpha value is -0.590. The number of nitriles is 1. The Labute approximate surface area is 98.1 Å². The quantitative estimate of drug-likeness (QED) is 0.737. The van der Waals surface area contributed by atoms with E-state index in [1.807, 2.05) is 7.05 Å². The molecular weight excluding hydrogens is 200 g/mol. The lowest BCUT2D eigenvalue weighted by molar-refractivity contribution is -0.111. The molecule has 90 valence electrons. The van der Waals surface area contributed by atoms with E-state index in [-0.39, 0.29) is 0 Å². The topological polar surface area (TPSA) is 47.3 Å². The first-order valence-corrected chi connectivity index (χ1v) is 6.44. The lowest BCUT2D eigenvalue weighted by atomic mass is 9.61. The molecule has 2 rings (SSSR count). The van der Waals surface area contributed by atoms with Crippen LogP contribution in [0.25, 0.3) is 0 Å². The van der Waals surface area contributed by atoms with Crippen molar-refractivity contribution < 1.29 is 5.11 Å². The Kier molecular flexibility index (Phi) is 3.23. The number of nitrogens with zero attached hydrogens (tertiary/aromatic N) is 2. The Morgan fingerprint density at radius 1 is 1.12 bits per heavy atom. The first kappa shape index (κ1) is 11.9. The third-order valence-corrected chi connectivity index (χ3v) is 4.47. The molecule has 2 fully saturated rings. The SMILES string of the molecule is CN1CCCC(O)(C2(C#N)CCCCC2)C1. The third kappa shape index (κ3) is 1.85. The highest BCUT2D eigenvalue weighted by Crippen LogP contribution is 2.47. The van der Waals surface area contributed by atoms with Gasteiger partial charge in [0, 0.05) is 6.54 Å². The number of hydrogen-bond donors (Lipinski definition) is 1. The van der Waals surface area contributed by atoms with Crippen molar-refractivity contribution in [3.63, 3.8) is 0 Å². The molecule has 1 saturated heterocycles. The summed E-state index contributed by atoms with van der Waals surface area (Å²) < 4.78 is 0. The monoisotopic (exact) mass is 222 g/mol. The Bertz CT molecular complexity index is 291. The maximum atomic E-state index is 10.9. The van der Waals surface area contributed by atoms with Crippen molar-refractivity contribution in [3.8, 4) is 6.07 Å². The first-order chi connectivity index (χ1) is 7.62. The minimum atomic E-state index is -0.769. The standard InChI is InChI=1S/C13H22N2O/c1-15-9-5-8-13(16,11-15)12(10-14)6-3-2-4-7-12/h16H,2-9,11H2,1H3. The fourth-order valence-electron chi connectivity index (χ4n) is 3.47. The predicted molar refractivity (Wildman–Crippen MR) is 62.8 cm³/mol. The molecule has 0 spiro atoms. The van der Waals surface area contributed by atoms with Gasteiger partial charge < -0.3 is 10.0 Å². The van der Waals surface area contributed by atoms with Gasteiger partial charge in [-0.1, -0.05) is 19.3 Å². The second kappa shape index (κ2) is 4.35. The lowest BCUT2D eigenvalue weighted by Crippen LogP contribution is -2.57. The summed E-state index contributed by atoms with van der Waals surface area (Å²) in [5.41, 5.74) is -1.24. The van der Waals surface area contributed by atoms with Crippen molar-refractivity contribution in [3.05, 3.63) is 0 Å². The summed E-state index contributed by atoms with van der Waals surface area (Å²) in [7, 11) is 2.04. The van der Waals surface area contributed by atoms with Crippen molar-refractivity contribution in [2.45, 2.75) is 50.5 Å². The number of piperidine rings is 1. The van der Waals surface area contributed by atoms with Crippen LogP contribution in [0.5, 0.6) is 0 Å². The van der Waals surface area contributed by atoms with Crippen LogP contribution >= 0.6 is 0 Å². The normalized spacial score (nSPS) is 35.6. The van der Waals surface area contributed by atoms with Crippen LogP contribution in [-0.4, -0.2) is 35.7 Å². The van der Waals surface area contributed by atoms with Gasteiger partial charge in [-0.3, -0.25) is 0 Å². The van der Waals surface area contributed by atoms with E-state index in [4.69, 9.17) is 0 Å². The fourth-order valence-corrected chi connectivity index (χ4v) is 3.47. The van der Waals surface area contributed by atoms with Gasteiger partial charge in [0.25, 0.3) is 0 Å². The van der Waals surface area contributed by atoms with Gasteiger partial charge in [-0.25, -0.2) is 0 Å². The highest BCUT2D eigenvalue weighted by Gasteiger charge is 2.52. The molecule has 1 atom stereocenters. The minimum Gasteiger partial charge on any atom is -0.387 e. The van der Waals surface area contributed by atoms with Crippen molar-refractivity contribution in [1.29, 1.82) is 5.26 Å². The van der Waals surface area contributed by atoms with Crippen molar-refractivity contribution >= 4 is 0 Å². The summed E-state index contributed by atoms with van der Waals surface area (Å²) in [6.45, 7) is 1.71. The molecular formula is C13H22N2O. The molecule has 1 unspecified atom stereocenters. The van der Waals surface area contributed by atoms with E-state index in [1.165, 1.54) is 6.42 Å². The number of hydrogen-bond acceptors (Lipinski definition) is 3. The van der Waals surface area contributed by atoms with Gasteiger partial charge in [0.2, 0.25) is 0 Å². The van der Waals surface area contributed by atoms with Gasteiger partial charge in [-0.05, 0) is 39.3 Å². The summed E-state index contributed by atoms with van der Waals surface area (Å²) in [6, 6.07) is 2.47. The summed E-state index contributed by atoms with van der Waals surface area (Å²) in [4.78, 5) is 2.16. The van der Waals surface area contributed by atoms with Crippen molar-refractivity contribution in [1.82, 2.24) is 4.90 Å². The average Bonchev–Trinajstić information content (AvgIpc) is 2.29. The molecule has 0 aromatic rings. The van der Waals surface area contributed by atoms with Crippen LogP contribution in [0.3, 0.4) is 0 Å². The van der Waals surface area contributed by atoms with E-state index in [0.717, 1.165) is 45.1 Å². The van der Waals surface area contributed by atoms with E-state index in [9.17, 15) is 10.4 Å². The maximum absolute atomic E-state index is 10.9. The number of rotatable bonds is 1. The molecule has 3 heteroatoms. The van der Waals surface area contributed by atoms with Gasteiger partial charge in [0.1, 0.15) is 0 Å². The number of likely N-dealkylation sites (tertiary alicyclic amines) is 1. The van der Waals surface area contributed by atoms with Crippen LogP contribution in [-0.2, 0) is 0 Å². The lowest BCUT2D eigenvalue weighted by Gasteiger charge is -2.49. The van der Waals surface area contributed by atoms with E-state index >= 15 is 0 Å². The van der Waals surface area contributed by atoms with Crippen LogP contribution in [0, 0.1) is 16.7 Å².